The van der Waals surface area contributed by atoms with Gasteiger partial charge in [0.15, 0.2) is 17.0 Å². The van der Waals surface area contributed by atoms with Gasteiger partial charge in [0, 0.05) is 24.7 Å². The molecule has 1 fully saturated rings. The zero-order chi connectivity index (χ0) is 40.4. The minimum Gasteiger partial charge on any atom is -0.481 e. The van der Waals surface area contributed by atoms with Gasteiger partial charge in [-0.2, -0.15) is 9.97 Å². The van der Waals surface area contributed by atoms with Crippen LogP contribution in [0.25, 0.3) is 11.2 Å². The Morgan fingerprint density at radius 1 is 0.857 bits per heavy atom. The number of amides is 3. The van der Waals surface area contributed by atoms with Crippen molar-refractivity contribution in [2.45, 2.75) is 51.6 Å². The molecule has 7 N–H and O–H groups in total. The number of carbonyl (C=O) groups excluding carboxylic acids is 3. The number of hydrogen-bond donors (Lipinski definition) is 5. The first-order chi connectivity index (χ1) is 26.9. The number of nitrogens with two attached hydrogens (primary N) is 2. The summed E-state index contributed by atoms with van der Waals surface area (Å²) >= 11 is 0. The van der Waals surface area contributed by atoms with Gasteiger partial charge in [0.05, 0.1) is 29.8 Å². The number of unbranched alkanes of at least 4 members (excludes halogenated alkanes) is 1. The highest BCUT2D eigenvalue weighted by Crippen LogP contribution is 2.33. The van der Waals surface area contributed by atoms with E-state index in [0.717, 1.165) is 18.5 Å². The van der Waals surface area contributed by atoms with Crippen molar-refractivity contribution in [3.05, 3.63) is 102 Å². The summed E-state index contributed by atoms with van der Waals surface area (Å²) in [5.41, 5.74) is 15.1. The second-order valence-corrected chi connectivity index (χ2v) is 12.9. The molecule has 1 aliphatic rings. The number of carboxylic acids is 2. The number of carboxylic acid groups (broad SMARTS) is 2. The fourth-order valence-corrected chi connectivity index (χ4v) is 5.90. The Morgan fingerprint density at radius 3 is 1.98 bits per heavy atom. The van der Waals surface area contributed by atoms with Crippen LogP contribution in [0.5, 0.6) is 0 Å². The predicted molar refractivity (Wildman–Crippen MR) is 209 cm³/mol. The number of nitrogens with zero attached hydrogens (tertiary/aromatic N) is 7. The molecule has 1 aliphatic heterocycles. The van der Waals surface area contributed by atoms with Crippen molar-refractivity contribution in [2.75, 3.05) is 33.4 Å². The zero-order valence-corrected chi connectivity index (χ0v) is 30.8. The van der Waals surface area contributed by atoms with Crippen LogP contribution in [-0.4, -0.2) is 72.9 Å². The number of para-hydroxylation sites is 2. The van der Waals surface area contributed by atoms with Gasteiger partial charge in [0.2, 0.25) is 5.95 Å². The van der Waals surface area contributed by atoms with Gasteiger partial charge in [-0.1, -0.05) is 56.2 Å². The van der Waals surface area contributed by atoms with E-state index in [2.05, 4.69) is 32.2 Å². The lowest BCUT2D eigenvalue weighted by Gasteiger charge is -2.27. The Hall–Kier alpha value is -7.17. The summed E-state index contributed by atoms with van der Waals surface area (Å²) in [4.78, 5) is 78.4. The van der Waals surface area contributed by atoms with Gasteiger partial charge in [0.1, 0.15) is 12.0 Å². The van der Waals surface area contributed by atoms with Crippen molar-refractivity contribution in [1.82, 2.24) is 25.3 Å². The molecule has 2 aromatic heterocycles. The Balaban J connectivity index is 0.000000228. The molecule has 3 aromatic carbocycles. The van der Waals surface area contributed by atoms with E-state index in [1.807, 2.05) is 72.6 Å². The van der Waals surface area contributed by atoms with Crippen molar-refractivity contribution in [2.24, 2.45) is 5.92 Å². The molecule has 3 heterocycles. The molecule has 17 heteroatoms. The highest BCUT2D eigenvalue weighted by atomic mass is 16.4. The molecule has 6 rings (SSSR count). The molecule has 0 radical (unpaired) electrons. The topological polar surface area (TPSA) is 251 Å². The molecule has 290 valence electrons. The Labute approximate surface area is 322 Å². The minimum atomic E-state index is -1.30. The number of aliphatic carboxylic acids is 2. The van der Waals surface area contributed by atoms with Gasteiger partial charge in [-0.25, -0.2) is 24.8 Å². The van der Waals surface area contributed by atoms with Crippen LogP contribution >= 0.6 is 0 Å². The Kier molecular flexibility index (Phi) is 13.0. The maximum Gasteiger partial charge on any atom is 0.326 e. The largest absolute Gasteiger partial charge is 0.481 e. The van der Waals surface area contributed by atoms with Gasteiger partial charge in [-0.3, -0.25) is 19.2 Å². The number of rotatable bonds is 14. The summed E-state index contributed by atoms with van der Waals surface area (Å²) in [5.74, 6) is -3.78. The number of hydrazine groups is 1. The minimum absolute atomic E-state index is 0.0138. The number of anilines is 5. The number of nitrogens with one attached hydrogen (secondary N) is 1. The van der Waals surface area contributed by atoms with Crippen LogP contribution < -0.4 is 31.7 Å². The molecule has 0 spiro atoms. The Bertz CT molecular complexity index is 2130. The van der Waals surface area contributed by atoms with Gasteiger partial charge < -0.3 is 31.9 Å². The van der Waals surface area contributed by atoms with E-state index < -0.39 is 29.8 Å². The van der Waals surface area contributed by atoms with E-state index in [1.165, 1.54) is 22.2 Å². The first-order valence-electron chi connectivity index (χ1n) is 17.8. The van der Waals surface area contributed by atoms with E-state index in [1.54, 1.807) is 18.3 Å². The van der Waals surface area contributed by atoms with Gasteiger partial charge in [-0.15, -0.1) is 0 Å². The molecule has 0 aliphatic carbocycles. The van der Waals surface area contributed by atoms with E-state index in [0.29, 0.717) is 41.2 Å². The van der Waals surface area contributed by atoms with Crippen LogP contribution in [0, 0.1) is 5.92 Å². The summed E-state index contributed by atoms with van der Waals surface area (Å²) in [5, 5.41) is 23.3. The van der Waals surface area contributed by atoms with Crippen molar-refractivity contribution >= 4 is 69.7 Å². The highest BCUT2D eigenvalue weighted by Gasteiger charge is 2.46. The fourth-order valence-electron chi connectivity index (χ4n) is 5.90. The van der Waals surface area contributed by atoms with Crippen LogP contribution in [-0.2, 0) is 25.7 Å². The second kappa shape index (κ2) is 18.2. The standard InChI is InChI=1S/C20H22N8O5.C19H20N2O2/c1-28(9-11-8-23-17-15(24-11)16(21)26-20(22)27-17)12-4-2-10(3-5-12)18(31)25-13(19(32)33)6-7-14(29)30;1-2-3-14-17-18(22)20(15-10-6-4-7-11-15)21(19(17)23)16-12-8-5-9-13-16/h2-5,8,13H,6-7,9H2,1H3,(H,25,31)(H,29,30)(H,32,33)(H4,21,22,23,26,27);4-13,17H,2-3,14H2,1H3/t13-;/m0./s1. The summed E-state index contributed by atoms with van der Waals surface area (Å²) in [6, 6.07) is 23.8. The molecular weight excluding hydrogens is 720 g/mol. The molecule has 3 amide bonds. The van der Waals surface area contributed by atoms with Crippen molar-refractivity contribution in [1.29, 1.82) is 0 Å². The number of carbonyl (C=O) groups is 5. The molecule has 0 bridgehead atoms. The lowest BCUT2D eigenvalue weighted by molar-refractivity contribution is -0.140. The third kappa shape index (κ3) is 9.67. The number of hydrogen-bond acceptors (Lipinski definition) is 12. The van der Waals surface area contributed by atoms with Crippen LogP contribution in [0.2, 0.25) is 0 Å². The molecule has 17 nitrogen and oxygen atoms in total. The van der Waals surface area contributed by atoms with Crippen molar-refractivity contribution in [3.63, 3.8) is 0 Å². The fraction of sp³-hybridized carbons (Fsp3) is 0.256. The lowest BCUT2D eigenvalue weighted by atomic mass is 10.0. The predicted octanol–water partition coefficient (Wildman–Crippen LogP) is 4.06. The average molecular weight is 763 g/mol. The number of benzene rings is 3. The van der Waals surface area contributed by atoms with Crippen molar-refractivity contribution < 1.29 is 34.2 Å². The van der Waals surface area contributed by atoms with E-state index in [-0.39, 0.29) is 42.0 Å². The van der Waals surface area contributed by atoms with Crippen LogP contribution in [0.3, 0.4) is 0 Å². The smallest absolute Gasteiger partial charge is 0.326 e. The summed E-state index contributed by atoms with van der Waals surface area (Å²) in [6.45, 7) is 2.43. The first kappa shape index (κ1) is 40.0. The maximum atomic E-state index is 12.9. The van der Waals surface area contributed by atoms with Crippen LogP contribution in [0.15, 0.2) is 91.1 Å². The van der Waals surface area contributed by atoms with Gasteiger partial charge in [-0.05, 0) is 61.4 Å². The summed E-state index contributed by atoms with van der Waals surface area (Å²) in [6.07, 6.45) is 3.40. The summed E-state index contributed by atoms with van der Waals surface area (Å²) in [7, 11) is 1.82. The third-order valence-corrected chi connectivity index (χ3v) is 8.78. The lowest BCUT2D eigenvalue weighted by Crippen LogP contribution is -2.41. The highest BCUT2D eigenvalue weighted by molar-refractivity contribution is 6.23. The molecule has 5 aromatic rings. The molecule has 0 unspecified atom stereocenters. The van der Waals surface area contributed by atoms with Gasteiger partial charge >= 0.3 is 11.9 Å². The zero-order valence-electron chi connectivity index (χ0n) is 30.8. The number of nitrogen functional groups attached to an aromatic ring is 2. The van der Waals surface area contributed by atoms with Crippen LogP contribution in [0.1, 0.15) is 55.1 Å². The average Bonchev–Trinajstić information content (AvgIpc) is 3.44. The molecular formula is C39H42N10O7. The second-order valence-electron chi connectivity index (χ2n) is 12.9. The number of aromatic nitrogens is 4. The first-order valence-corrected chi connectivity index (χ1v) is 17.8. The quantitative estimate of drug-likeness (QED) is 0.100. The van der Waals surface area contributed by atoms with E-state index >= 15 is 0 Å². The summed E-state index contributed by atoms with van der Waals surface area (Å²) < 4.78 is 0. The number of fused-ring (bicyclic) bond motifs is 1. The maximum absolute atomic E-state index is 12.9. The van der Waals surface area contributed by atoms with Gasteiger partial charge in [0.25, 0.3) is 17.7 Å². The molecule has 1 atom stereocenters. The monoisotopic (exact) mass is 762 g/mol. The normalized spacial score (nSPS) is 13.2. The molecule has 1 saturated heterocycles. The van der Waals surface area contributed by atoms with E-state index in [9.17, 15) is 29.1 Å². The van der Waals surface area contributed by atoms with Crippen LogP contribution in [0.4, 0.5) is 28.8 Å². The van der Waals surface area contributed by atoms with Crippen molar-refractivity contribution in [3.8, 4) is 0 Å². The third-order valence-electron chi connectivity index (χ3n) is 8.78. The van der Waals surface area contributed by atoms with E-state index in [4.69, 9.17) is 16.6 Å². The Morgan fingerprint density at radius 2 is 1.45 bits per heavy atom. The molecule has 56 heavy (non-hydrogen) atoms. The SMILES string of the molecule is CCCCC1C(=O)N(c2ccccc2)N(c2ccccc2)C1=O.CN(Cc1cnc2nc(N)nc(N)c2n1)c1ccc(C(=O)N[C@@H](CCC(=O)O)C(=O)O)cc1. The molecule has 0 saturated carbocycles.